The molecule has 0 saturated carbocycles. The number of benzene rings is 2. The van der Waals surface area contributed by atoms with Crippen LogP contribution >= 0.6 is 0 Å². The van der Waals surface area contributed by atoms with E-state index < -0.39 is 16.1 Å². The summed E-state index contributed by atoms with van der Waals surface area (Å²) in [6.07, 6.45) is 0. The van der Waals surface area contributed by atoms with Crippen LogP contribution in [0, 0.1) is 5.82 Å². The van der Waals surface area contributed by atoms with Crippen molar-refractivity contribution in [1.82, 2.24) is 4.72 Å². The average molecular weight is 279 g/mol. The molecule has 0 aliphatic rings. The van der Waals surface area contributed by atoms with Crippen LogP contribution in [-0.2, 0) is 10.0 Å². The molecule has 2 rings (SSSR count). The zero-order valence-electron chi connectivity index (χ0n) is 10.4. The number of hydrogen-bond acceptors (Lipinski definition) is 2. The normalized spacial score (nSPS) is 13.2. The topological polar surface area (TPSA) is 46.2 Å². The lowest BCUT2D eigenvalue weighted by Crippen LogP contribution is -2.26. The van der Waals surface area contributed by atoms with Gasteiger partial charge < -0.3 is 0 Å². The van der Waals surface area contributed by atoms with E-state index >= 15 is 0 Å². The van der Waals surface area contributed by atoms with Gasteiger partial charge in [-0.2, -0.15) is 0 Å². The van der Waals surface area contributed by atoms with Gasteiger partial charge in [0.2, 0.25) is 10.0 Å². The van der Waals surface area contributed by atoms with Crippen LogP contribution in [0.4, 0.5) is 4.39 Å². The van der Waals surface area contributed by atoms with Crippen molar-refractivity contribution >= 4 is 10.0 Å². The van der Waals surface area contributed by atoms with Crippen LogP contribution in [0.2, 0.25) is 0 Å². The third kappa shape index (κ3) is 3.39. The summed E-state index contributed by atoms with van der Waals surface area (Å²) in [5.74, 6) is -0.386. The van der Waals surface area contributed by atoms with Crippen molar-refractivity contribution in [3.8, 4) is 0 Å². The average Bonchev–Trinajstić information content (AvgIpc) is 2.39. The van der Waals surface area contributed by atoms with Crippen molar-refractivity contribution in [2.24, 2.45) is 0 Å². The summed E-state index contributed by atoms with van der Waals surface area (Å²) in [6.45, 7) is 1.68. The van der Waals surface area contributed by atoms with Crippen LogP contribution in [0.3, 0.4) is 0 Å². The zero-order chi connectivity index (χ0) is 13.9. The van der Waals surface area contributed by atoms with Gasteiger partial charge in [0.15, 0.2) is 0 Å². The van der Waals surface area contributed by atoms with Gasteiger partial charge in [0, 0.05) is 6.04 Å². The highest BCUT2D eigenvalue weighted by molar-refractivity contribution is 7.89. The number of sulfonamides is 1. The zero-order valence-corrected chi connectivity index (χ0v) is 11.2. The Kier molecular flexibility index (Phi) is 3.97. The Morgan fingerprint density at radius 3 is 2.37 bits per heavy atom. The van der Waals surface area contributed by atoms with Crippen molar-refractivity contribution in [2.75, 3.05) is 0 Å². The van der Waals surface area contributed by atoms with Crippen LogP contribution in [0.1, 0.15) is 18.5 Å². The van der Waals surface area contributed by atoms with E-state index in [2.05, 4.69) is 4.72 Å². The second kappa shape index (κ2) is 5.50. The number of nitrogens with one attached hydrogen (secondary N) is 1. The monoisotopic (exact) mass is 279 g/mol. The molecule has 0 aromatic heterocycles. The molecular formula is C14H14FNO2S. The quantitative estimate of drug-likeness (QED) is 0.935. The minimum absolute atomic E-state index is 0.193. The molecule has 0 fully saturated rings. The van der Waals surface area contributed by atoms with E-state index in [1.165, 1.54) is 24.3 Å². The van der Waals surface area contributed by atoms with Gasteiger partial charge >= 0.3 is 0 Å². The molecule has 2 aromatic carbocycles. The minimum Gasteiger partial charge on any atom is -0.207 e. The maximum absolute atomic E-state index is 13.1. The molecule has 0 radical (unpaired) electrons. The van der Waals surface area contributed by atoms with Gasteiger partial charge in [0.25, 0.3) is 0 Å². The maximum Gasteiger partial charge on any atom is 0.241 e. The smallest absolute Gasteiger partial charge is 0.207 e. The number of halogens is 1. The second-order valence-corrected chi connectivity index (χ2v) is 5.93. The Morgan fingerprint density at radius 1 is 1.05 bits per heavy atom. The van der Waals surface area contributed by atoms with E-state index in [4.69, 9.17) is 0 Å². The summed E-state index contributed by atoms with van der Waals surface area (Å²) < 4.78 is 39.8. The summed E-state index contributed by atoms with van der Waals surface area (Å²) in [7, 11) is -3.59. The first-order valence-corrected chi connectivity index (χ1v) is 7.30. The Balaban J connectivity index is 2.22. The summed E-state index contributed by atoms with van der Waals surface area (Å²) in [5.41, 5.74) is 0.583. The predicted molar refractivity (Wildman–Crippen MR) is 71.6 cm³/mol. The van der Waals surface area contributed by atoms with Gasteiger partial charge in [-0.1, -0.05) is 30.3 Å². The molecule has 0 aliphatic heterocycles. The molecule has 2 aromatic rings. The standard InChI is InChI=1S/C14H14FNO2S/c1-11(12-6-5-7-13(15)10-12)16-19(17,18)14-8-3-2-4-9-14/h2-11,16H,1H3/t11-/m1/s1. The SMILES string of the molecule is C[C@@H](NS(=O)(=O)c1ccccc1)c1cccc(F)c1. The number of rotatable bonds is 4. The highest BCUT2D eigenvalue weighted by Gasteiger charge is 2.17. The minimum atomic E-state index is -3.59. The Hall–Kier alpha value is -1.72. The summed E-state index contributed by atoms with van der Waals surface area (Å²) in [5, 5.41) is 0. The molecule has 0 heterocycles. The molecule has 0 spiro atoms. The molecule has 100 valence electrons. The molecule has 19 heavy (non-hydrogen) atoms. The second-order valence-electron chi connectivity index (χ2n) is 4.21. The fraction of sp³-hybridized carbons (Fsp3) is 0.143. The molecule has 0 saturated heterocycles. The van der Waals surface area contributed by atoms with Gasteiger partial charge in [-0.25, -0.2) is 17.5 Å². The molecule has 1 atom stereocenters. The maximum atomic E-state index is 13.1. The molecule has 5 heteroatoms. The van der Waals surface area contributed by atoms with Crippen LogP contribution in [0.5, 0.6) is 0 Å². The van der Waals surface area contributed by atoms with Crippen molar-refractivity contribution < 1.29 is 12.8 Å². The summed E-state index contributed by atoms with van der Waals surface area (Å²) in [6, 6.07) is 13.5. The van der Waals surface area contributed by atoms with Crippen LogP contribution < -0.4 is 4.72 Å². The Morgan fingerprint density at radius 2 is 1.74 bits per heavy atom. The van der Waals surface area contributed by atoms with Gasteiger partial charge in [-0.3, -0.25) is 0 Å². The lowest BCUT2D eigenvalue weighted by atomic mass is 10.1. The third-order valence-corrected chi connectivity index (χ3v) is 4.29. The van der Waals surface area contributed by atoms with E-state index in [0.717, 1.165) is 0 Å². The third-order valence-electron chi connectivity index (χ3n) is 2.73. The highest BCUT2D eigenvalue weighted by atomic mass is 32.2. The Bertz CT molecular complexity index is 656. The molecule has 0 bridgehead atoms. The summed E-state index contributed by atoms with van der Waals surface area (Å²) >= 11 is 0. The van der Waals surface area contributed by atoms with E-state index in [-0.39, 0.29) is 10.7 Å². The molecule has 0 aliphatic carbocycles. The van der Waals surface area contributed by atoms with Crippen molar-refractivity contribution in [3.63, 3.8) is 0 Å². The first-order chi connectivity index (χ1) is 8.99. The van der Waals surface area contributed by atoms with Crippen LogP contribution in [0.15, 0.2) is 59.5 Å². The molecular weight excluding hydrogens is 265 g/mol. The number of hydrogen-bond donors (Lipinski definition) is 1. The largest absolute Gasteiger partial charge is 0.241 e. The van der Waals surface area contributed by atoms with Gasteiger partial charge in [-0.05, 0) is 36.8 Å². The van der Waals surface area contributed by atoms with E-state index in [1.54, 1.807) is 37.3 Å². The van der Waals surface area contributed by atoms with Crippen molar-refractivity contribution in [2.45, 2.75) is 17.9 Å². The van der Waals surface area contributed by atoms with Crippen LogP contribution in [0.25, 0.3) is 0 Å². The van der Waals surface area contributed by atoms with E-state index in [9.17, 15) is 12.8 Å². The fourth-order valence-corrected chi connectivity index (χ4v) is 3.00. The molecule has 0 unspecified atom stereocenters. The van der Waals surface area contributed by atoms with Gasteiger partial charge in [-0.15, -0.1) is 0 Å². The molecule has 1 N–H and O–H groups in total. The van der Waals surface area contributed by atoms with Crippen molar-refractivity contribution in [3.05, 3.63) is 66.0 Å². The van der Waals surface area contributed by atoms with Gasteiger partial charge in [0.05, 0.1) is 4.90 Å². The lowest BCUT2D eigenvalue weighted by Gasteiger charge is -2.14. The van der Waals surface area contributed by atoms with E-state index in [0.29, 0.717) is 5.56 Å². The summed E-state index contributed by atoms with van der Waals surface area (Å²) in [4.78, 5) is 0.193. The van der Waals surface area contributed by atoms with E-state index in [1.807, 2.05) is 0 Å². The fourth-order valence-electron chi connectivity index (χ4n) is 1.74. The molecule has 3 nitrogen and oxygen atoms in total. The first-order valence-electron chi connectivity index (χ1n) is 5.82. The van der Waals surface area contributed by atoms with Crippen LogP contribution in [-0.4, -0.2) is 8.42 Å². The predicted octanol–water partition coefficient (Wildman–Crippen LogP) is 2.87. The Labute approximate surface area is 112 Å². The van der Waals surface area contributed by atoms with Crippen molar-refractivity contribution in [1.29, 1.82) is 0 Å². The first kappa shape index (κ1) is 13.7. The molecule has 0 amide bonds. The highest BCUT2D eigenvalue weighted by Crippen LogP contribution is 2.17. The van der Waals surface area contributed by atoms with Gasteiger partial charge in [0.1, 0.15) is 5.82 Å². The lowest BCUT2D eigenvalue weighted by molar-refractivity contribution is 0.564.